The van der Waals surface area contributed by atoms with Gasteiger partial charge in [-0.3, -0.25) is 15.3 Å². The van der Waals surface area contributed by atoms with Gasteiger partial charge in [0, 0.05) is 67.1 Å². The molecule has 3 heterocycles. The summed E-state index contributed by atoms with van der Waals surface area (Å²) in [7, 11) is 0. The fraction of sp³-hybridized carbons (Fsp3) is 0.346. The molecule has 1 fully saturated rings. The van der Waals surface area contributed by atoms with Crippen LogP contribution in [-0.4, -0.2) is 53.3 Å². The van der Waals surface area contributed by atoms with Gasteiger partial charge in [-0.15, -0.1) is 0 Å². The van der Waals surface area contributed by atoms with Crippen molar-refractivity contribution in [3.05, 3.63) is 75.7 Å². The minimum absolute atomic E-state index is 0.285. The zero-order chi connectivity index (χ0) is 24.9. The number of benzene rings is 1. The van der Waals surface area contributed by atoms with Crippen LogP contribution < -0.4 is 15.4 Å². The van der Waals surface area contributed by atoms with E-state index in [0.717, 1.165) is 38.5 Å². The second-order valence-electron chi connectivity index (χ2n) is 8.63. The number of ether oxygens (including phenoxy) is 1. The van der Waals surface area contributed by atoms with E-state index in [1.807, 2.05) is 19.1 Å². The molecule has 1 atom stereocenters. The molecule has 1 aliphatic heterocycles. The number of nitrogens with one attached hydrogen (secondary N) is 1. The molecule has 0 amide bonds. The molecular formula is C26H30Cl2N6O. The standard InChI is InChI=1S/C26H30Cl2N6O/c1-3-8-33-9-11-34(12-10-33)24-7-4-18(14-32-24)26(30)20-13-19(5-6-23(20)29)35-17(2)25-21(27)15-31-16-22(25)28/h4-7,13-17,30H,3,8-12,29H2,1-2H3/t17-/m1/s1. The van der Waals surface area contributed by atoms with Gasteiger partial charge in [-0.1, -0.05) is 30.1 Å². The molecule has 1 aliphatic rings. The predicted molar refractivity (Wildman–Crippen MR) is 143 cm³/mol. The van der Waals surface area contributed by atoms with E-state index in [9.17, 15) is 0 Å². The lowest BCUT2D eigenvalue weighted by Gasteiger charge is -2.35. The van der Waals surface area contributed by atoms with Gasteiger partial charge >= 0.3 is 0 Å². The van der Waals surface area contributed by atoms with Crippen molar-refractivity contribution in [1.29, 1.82) is 5.41 Å². The monoisotopic (exact) mass is 512 g/mol. The van der Waals surface area contributed by atoms with Gasteiger partial charge in [0.25, 0.3) is 0 Å². The van der Waals surface area contributed by atoms with Crippen LogP contribution in [0, 0.1) is 5.41 Å². The van der Waals surface area contributed by atoms with Gasteiger partial charge in [0.15, 0.2) is 0 Å². The summed E-state index contributed by atoms with van der Waals surface area (Å²) in [5.41, 5.74) is 8.92. The number of rotatable bonds is 8. The lowest BCUT2D eigenvalue weighted by molar-refractivity contribution is 0.227. The van der Waals surface area contributed by atoms with Gasteiger partial charge < -0.3 is 15.4 Å². The molecule has 0 radical (unpaired) electrons. The van der Waals surface area contributed by atoms with Gasteiger partial charge in [0.05, 0.1) is 15.8 Å². The van der Waals surface area contributed by atoms with E-state index in [1.54, 1.807) is 24.4 Å². The number of nitrogens with zero attached hydrogens (tertiary/aromatic N) is 4. The van der Waals surface area contributed by atoms with Gasteiger partial charge in [-0.25, -0.2) is 4.98 Å². The van der Waals surface area contributed by atoms with E-state index in [4.69, 9.17) is 39.1 Å². The fourth-order valence-electron chi connectivity index (χ4n) is 4.29. The van der Waals surface area contributed by atoms with Gasteiger partial charge in [-0.2, -0.15) is 0 Å². The molecule has 184 valence electrons. The van der Waals surface area contributed by atoms with Crippen molar-refractivity contribution in [2.75, 3.05) is 43.4 Å². The number of nitrogens with two attached hydrogens (primary N) is 1. The largest absolute Gasteiger partial charge is 0.486 e. The van der Waals surface area contributed by atoms with E-state index >= 15 is 0 Å². The first-order valence-electron chi connectivity index (χ1n) is 11.7. The van der Waals surface area contributed by atoms with Crippen LogP contribution in [0.25, 0.3) is 0 Å². The molecule has 4 rings (SSSR count). The Bertz CT molecular complexity index is 1160. The second kappa shape index (κ2) is 11.2. The van der Waals surface area contributed by atoms with Crippen molar-refractivity contribution in [3.8, 4) is 5.75 Å². The van der Waals surface area contributed by atoms with E-state index in [-0.39, 0.29) is 5.71 Å². The molecule has 7 nitrogen and oxygen atoms in total. The fourth-order valence-corrected chi connectivity index (χ4v) is 4.96. The van der Waals surface area contributed by atoms with Crippen LogP contribution in [0.1, 0.15) is 43.1 Å². The average molecular weight is 513 g/mol. The molecule has 3 N–H and O–H groups in total. The van der Waals surface area contributed by atoms with Crippen LogP contribution in [0.5, 0.6) is 5.75 Å². The maximum atomic E-state index is 8.76. The topological polar surface area (TPSA) is 91.4 Å². The number of hydrogen-bond acceptors (Lipinski definition) is 7. The molecule has 9 heteroatoms. The number of nitrogen functional groups attached to an aromatic ring is 1. The molecule has 3 aromatic rings. The molecule has 2 aromatic heterocycles. The average Bonchev–Trinajstić information content (AvgIpc) is 2.85. The van der Waals surface area contributed by atoms with Crippen LogP contribution in [0.3, 0.4) is 0 Å². The Balaban J connectivity index is 1.47. The maximum Gasteiger partial charge on any atom is 0.128 e. The molecule has 0 unspecified atom stereocenters. The van der Waals surface area contributed by atoms with Crippen molar-refractivity contribution >= 4 is 40.4 Å². The Morgan fingerprint density at radius 3 is 2.43 bits per heavy atom. The van der Waals surface area contributed by atoms with Crippen LogP contribution >= 0.6 is 23.2 Å². The summed E-state index contributed by atoms with van der Waals surface area (Å²) in [6, 6.07) is 9.17. The number of anilines is 2. The quantitative estimate of drug-likeness (QED) is 0.307. The van der Waals surface area contributed by atoms with Crippen LogP contribution in [0.15, 0.2) is 48.9 Å². The lowest BCUT2D eigenvalue weighted by Crippen LogP contribution is -2.46. The molecule has 0 spiro atoms. The normalized spacial score (nSPS) is 15.1. The van der Waals surface area contributed by atoms with Gasteiger partial charge in [0.1, 0.15) is 17.7 Å². The Morgan fingerprint density at radius 2 is 1.80 bits per heavy atom. The molecule has 1 saturated heterocycles. The summed E-state index contributed by atoms with van der Waals surface area (Å²) >= 11 is 12.5. The number of aromatic nitrogens is 2. The molecule has 1 aromatic carbocycles. The third kappa shape index (κ3) is 5.86. The van der Waals surface area contributed by atoms with Crippen molar-refractivity contribution in [2.45, 2.75) is 26.4 Å². The summed E-state index contributed by atoms with van der Waals surface area (Å²) in [5.74, 6) is 1.49. The minimum Gasteiger partial charge on any atom is -0.486 e. The van der Waals surface area contributed by atoms with Gasteiger partial charge in [-0.05, 0) is 50.2 Å². The smallest absolute Gasteiger partial charge is 0.128 e. The Morgan fingerprint density at radius 1 is 1.09 bits per heavy atom. The van der Waals surface area contributed by atoms with Crippen LogP contribution in [0.4, 0.5) is 11.5 Å². The van der Waals surface area contributed by atoms with Crippen LogP contribution in [0.2, 0.25) is 10.0 Å². The van der Waals surface area contributed by atoms with E-state index in [0.29, 0.717) is 38.2 Å². The third-order valence-electron chi connectivity index (χ3n) is 6.18. The summed E-state index contributed by atoms with van der Waals surface area (Å²) in [5, 5.41) is 9.64. The third-order valence-corrected chi connectivity index (χ3v) is 6.78. The SMILES string of the molecule is CCCN1CCN(c2ccc(C(=N)c3cc(O[C@H](C)c4c(Cl)cncc4Cl)ccc3N)cn2)CC1. The first kappa shape index (κ1) is 25.2. The number of hydrogen-bond donors (Lipinski definition) is 2. The zero-order valence-corrected chi connectivity index (χ0v) is 21.5. The molecule has 0 aliphatic carbocycles. The molecule has 35 heavy (non-hydrogen) atoms. The maximum absolute atomic E-state index is 8.76. The van der Waals surface area contributed by atoms with E-state index in [2.05, 4.69) is 26.7 Å². The van der Waals surface area contributed by atoms with Crippen molar-refractivity contribution in [1.82, 2.24) is 14.9 Å². The second-order valence-corrected chi connectivity index (χ2v) is 9.45. The highest BCUT2D eigenvalue weighted by Gasteiger charge is 2.19. The molecule has 0 saturated carbocycles. The predicted octanol–water partition coefficient (Wildman–Crippen LogP) is 5.45. The van der Waals surface area contributed by atoms with Crippen molar-refractivity contribution in [2.24, 2.45) is 0 Å². The molecular weight excluding hydrogens is 483 g/mol. The zero-order valence-electron chi connectivity index (χ0n) is 20.0. The highest BCUT2D eigenvalue weighted by molar-refractivity contribution is 6.35. The Hall–Kier alpha value is -2.87. The Labute approximate surface area is 216 Å². The van der Waals surface area contributed by atoms with E-state index < -0.39 is 6.10 Å². The van der Waals surface area contributed by atoms with Crippen molar-refractivity contribution in [3.63, 3.8) is 0 Å². The first-order valence-corrected chi connectivity index (χ1v) is 12.5. The number of halogens is 2. The summed E-state index contributed by atoms with van der Waals surface area (Å²) in [6.45, 7) is 9.22. The van der Waals surface area contributed by atoms with Crippen LogP contribution in [-0.2, 0) is 0 Å². The first-order chi connectivity index (χ1) is 16.9. The highest BCUT2D eigenvalue weighted by atomic mass is 35.5. The summed E-state index contributed by atoms with van der Waals surface area (Å²) in [4.78, 5) is 13.4. The number of piperazine rings is 1. The number of pyridine rings is 2. The summed E-state index contributed by atoms with van der Waals surface area (Å²) < 4.78 is 6.09. The summed E-state index contributed by atoms with van der Waals surface area (Å²) in [6.07, 6.45) is 5.57. The minimum atomic E-state index is -0.414. The highest BCUT2D eigenvalue weighted by Crippen LogP contribution is 2.33. The molecule has 0 bridgehead atoms. The van der Waals surface area contributed by atoms with Gasteiger partial charge in [0.2, 0.25) is 0 Å². The Kier molecular flexibility index (Phi) is 8.11. The lowest BCUT2D eigenvalue weighted by atomic mass is 10.0. The van der Waals surface area contributed by atoms with E-state index in [1.165, 1.54) is 18.8 Å². The van der Waals surface area contributed by atoms with Crippen molar-refractivity contribution < 1.29 is 4.74 Å².